The lowest BCUT2D eigenvalue weighted by molar-refractivity contribution is -0.123. The summed E-state index contributed by atoms with van der Waals surface area (Å²) >= 11 is 0. The minimum absolute atomic E-state index is 0.0357. The number of hydrogen-bond donors (Lipinski definition) is 1. The first-order chi connectivity index (χ1) is 12.6. The number of aromatic nitrogens is 1. The molecule has 0 saturated carbocycles. The molecule has 2 aromatic rings. The zero-order chi connectivity index (χ0) is 18.4. The lowest BCUT2D eigenvalue weighted by atomic mass is 10.1. The first-order valence-corrected chi connectivity index (χ1v) is 8.82. The topological polar surface area (TPSA) is 71.5 Å². The van der Waals surface area contributed by atoms with E-state index in [4.69, 9.17) is 4.74 Å². The number of ether oxygens (including phenoxy) is 1. The Morgan fingerprint density at radius 1 is 1.19 bits per heavy atom. The van der Waals surface area contributed by atoms with Crippen molar-refractivity contribution in [3.63, 3.8) is 0 Å². The maximum absolute atomic E-state index is 12.0. The van der Waals surface area contributed by atoms with Crippen LogP contribution in [-0.4, -0.2) is 36.4 Å². The maximum Gasteiger partial charge on any atom is 0.258 e. The van der Waals surface area contributed by atoms with Crippen LogP contribution in [-0.2, 0) is 11.3 Å². The van der Waals surface area contributed by atoms with Crippen LogP contribution in [0.3, 0.4) is 0 Å². The minimum Gasteiger partial charge on any atom is -0.484 e. The van der Waals surface area contributed by atoms with Crippen molar-refractivity contribution in [2.75, 3.05) is 24.6 Å². The fourth-order valence-corrected chi connectivity index (χ4v) is 2.90. The Morgan fingerprint density at radius 2 is 2.00 bits per heavy atom. The van der Waals surface area contributed by atoms with Crippen molar-refractivity contribution in [3.05, 3.63) is 53.7 Å². The average Bonchev–Trinajstić information content (AvgIpc) is 3.20. The Balaban J connectivity index is 1.49. The number of carbonyl (C=O) groups is 2. The second-order valence-electron chi connectivity index (χ2n) is 6.37. The van der Waals surface area contributed by atoms with Gasteiger partial charge in [0, 0.05) is 31.4 Å². The van der Waals surface area contributed by atoms with Gasteiger partial charge < -0.3 is 15.0 Å². The van der Waals surface area contributed by atoms with E-state index in [1.54, 1.807) is 30.5 Å². The van der Waals surface area contributed by atoms with Crippen molar-refractivity contribution in [1.82, 2.24) is 10.3 Å². The second kappa shape index (κ2) is 8.47. The van der Waals surface area contributed by atoms with Crippen LogP contribution in [0.4, 0.5) is 5.82 Å². The van der Waals surface area contributed by atoms with Crippen molar-refractivity contribution in [1.29, 1.82) is 0 Å². The highest BCUT2D eigenvalue weighted by Gasteiger charge is 2.13. The highest BCUT2D eigenvalue weighted by Crippen LogP contribution is 2.18. The maximum atomic E-state index is 12.0. The molecule has 1 N–H and O–H groups in total. The standard InChI is InChI=1S/C20H23N3O3/c1-15(24)17-5-4-6-18(12-17)26-14-20(25)22-13-16-7-8-21-19(11-16)23-9-2-3-10-23/h4-8,11-12H,2-3,9-10,13-14H2,1H3,(H,22,25). The number of hydrogen-bond acceptors (Lipinski definition) is 5. The number of rotatable bonds is 7. The molecule has 1 aromatic heterocycles. The third-order valence-electron chi connectivity index (χ3n) is 4.34. The SMILES string of the molecule is CC(=O)c1cccc(OCC(=O)NCc2ccnc(N3CCCC3)c2)c1. The van der Waals surface area contributed by atoms with Gasteiger partial charge in [-0.25, -0.2) is 4.98 Å². The molecule has 1 fully saturated rings. The number of nitrogens with zero attached hydrogens (tertiary/aromatic N) is 2. The summed E-state index contributed by atoms with van der Waals surface area (Å²) < 4.78 is 5.47. The number of anilines is 1. The molecule has 0 spiro atoms. The van der Waals surface area contributed by atoms with Crippen LogP contribution in [0.25, 0.3) is 0 Å². The van der Waals surface area contributed by atoms with Gasteiger partial charge in [0.25, 0.3) is 5.91 Å². The molecule has 0 aliphatic carbocycles. The molecule has 26 heavy (non-hydrogen) atoms. The van der Waals surface area contributed by atoms with Gasteiger partial charge in [0.15, 0.2) is 12.4 Å². The monoisotopic (exact) mass is 353 g/mol. The zero-order valence-corrected chi connectivity index (χ0v) is 14.9. The molecule has 0 atom stereocenters. The molecule has 6 heteroatoms. The molecular weight excluding hydrogens is 330 g/mol. The van der Waals surface area contributed by atoms with Gasteiger partial charge in [-0.1, -0.05) is 12.1 Å². The van der Waals surface area contributed by atoms with Crippen LogP contribution in [0.15, 0.2) is 42.6 Å². The van der Waals surface area contributed by atoms with E-state index in [0.29, 0.717) is 17.9 Å². The van der Waals surface area contributed by atoms with Crippen molar-refractivity contribution in [3.8, 4) is 5.75 Å². The second-order valence-corrected chi connectivity index (χ2v) is 6.37. The summed E-state index contributed by atoms with van der Waals surface area (Å²) in [5, 5.41) is 2.85. The normalized spacial score (nSPS) is 13.5. The minimum atomic E-state index is -0.210. The van der Waals surface area contributed by atoms with E-state index in [0.717, 1.165) is 24.5 Å². The molecule has 1 saturated heterocycles. The Morgan fingerprint density at radius 3 is 2.77 bits per heavy atom. The van der Waals surface area contributed by atoms with Crippen molar-refractivity contribution in [2.45, 2.75) is 26.3 Å². The number of benzene rings is 1. The predicted molar refractivity (Wildman–Crippen MR) is 99.5 cm³/mol. The summed E-state index contributed by atoms with van der Waals surface area (Å²) in [5.41, 5.74) is 1.57. The summed E-state index contributed by atoms with van der Waals surface area (Å²) in [5.74, 6) is 1.23. The highest BCUT2D eigenvalue weighted by atomic mass is 16.5. The first kappa shape index (κ1) is 17.9. The van der Waals surface area contributed by atoms with Crippen molar-refractivity contribution >= 4 is 17.5 Å². The lowest BCUT2D eigenvalue weighted by Crippen LogP contribution is -2.28. The Kier molecular flexibility index (Phi) is 5.84. The van der Waals surface area contributed by atoms with E-state index >= 15 is 0 Å². The van der Waals surface area contributed by atoms with E-state index in [9.17, 15) is 9.59 Å². The molecule has 1 aliphatic rings. The van der Waals surface area contributed by atoms with Crippen LogP contribution in [0.5, 0.6) is 5.75 Å². The van der Waals surface area contributed by atoms with E-state index < -0.39 is 0 Å². The molecule has 2 heterocycles. The van der Waals surface area contributed by atoms with E-state index in [1.165, 1.54) is 19.8 Å². The summed E-state index contributed by atoms with van der Waals surface area (Å²) in [4.78, 5) is 30.1. The van der Waals surface area contributed by atoms with Gasteiger partial charge >= 0.3 is 0 Å². The van der Waals surface area contributed by atoms with Gasteiger partial charge in [0.05, 0.1) is 0 Å². The fourth-order valence-electron chi connectivity index (χ4n) is 2.90. The number of Topliss-reactive ketones (excluding diaryl/α,β-unsaturated/α-hetero) is 1. The molecule has 0 unspecified atom stereocenters. The van der Waals surface area contributed by atoms with Gasteiger partial charge in [-0.3, -0.25) is 9.59 Å². The van der Waals surface area contributed by atoms with E-state index in [1.807, 2.05) is 12.1 Å². The van der Waals surface area contributed by atoms with Gasteiger partial charge in [-0.05, 0) is 49.6 Å². The molecule has 0 bridgehead atoms. The Bertz CT molecular complexity index is 785. The molecular formula is C20H23N3O3. The fraction of sp³-hybridized carbons (Fsp3) is 0.350. The third-order valence-corrected chi connectivity index (χ3v) is 4.34. The molecule has 3 rings (SSSR count). The van der Waals surface area contributed by atoms with E-state index in [-0.39, 0.29) is 18.3 Å². The van der Waals surface area contributed by atoms with E-state index in [2.05, 4.69) is 15.2 Å². The number of ketones is 1. The number of pyridine rings is 1. The summed E-state index contributed by atoms with van der Waals surface area (Å²) in [7, 11) is 0. The van der Waals surface area contributed by atoms with Crippen LogP contribution in [0, 0.1) is 0 Å². The number of carbonyl (C=O) groups excluding carboxylic acids is 2. The molecule has 1 aliphatic heterocycles. The molecule has 6 nitrogen and oxygen atoms in total. The Hall–Kier alpha value is -2.89. The smallest absolute Gasteiger partial charge is 0.258 e. The van der Waals surface area contributed by atoms with Gasteiger partial charge in [-0.15, -0.1) is 0 Å². The van der Waals surface area contributed by atoms with Crippen LogP contribution in [0.1, 0.15) is 35.7 Å². The summed E-state index contributed by atoms with van der Waals surface area (Å²) in [6.45, 7) is 3.91. The van der Waals surface area contributed by atoms with Crippen molar-refractivity contribution in [2.24, 2.45) is 0 Å². The number of nitrogens with one attached hydrogen (secondary N) is 1. The van der Waals surface area contributed by atoms with Gasteiger partial charge in [0.2, 0.25) is 0 Å². The molecule has 1 amide bonds. The summed E-state index contributed by atoms with van der Waals surface area (Å²) in [6, 6.07) is 10.7. The van der Waals surface area contributed by atoms with Crippen molar-refractivity contribution < 1.29 is 14.3 Å². The van der Waals surface area contributed by atoms with Crippen LogP contribution in [0.2, 0.25) is 0 Å². The molecule has 1 aromatic carbocycles. The van der Waals surface area contributed by atoms with Gasteiger partial charge in [0.1, 0.15) is 11.6 Å². The quantitative estimate of drug-likeness (QED) is 0.775. The Labute approximate surface area is 153 Å². The van der Waals surface area contributed by atoms with Gasteiger partial charge in [-0.2, -0.15) is 0 Å². The molecule has 0 radical (unpaired) electrons. The summed E-state index contributed by atoms with van der Waals surface area (Å²) in [6.07, 6.45) is 4.18. The zero-order valence-electron chi connectivity index (χ0n) is 14.9. The third kappa shape index (κ3) is 4.81. The van der Waals surface area contributed by atoms with Crippen LogP contribution >= 0.6 is 0 Å². The number of amides is 1. The van der Waals surface area contributed by atoms with Crippen LogP contribution < -0.4 is 15.0 Å². The largest absolute Gasteiger partial charge is 0.484 e. The lowest BCUT2D eigenvalue weighted by Gasteiger charge is -2.17. The average molecular weight is 353 g/mol. The highest BCUT2D eigenvalue weighted by molar-refractivity contribution is 5.94. The molecule has 136 valence electrons. The first-order valence-electron chi connectivity index (χ1n) is 8.82. The predicted octanol–water partition coefficient (Wildman–Crippen LogP) is 2.58.